The van der Waals surface area contributed by atoms with Crippen molar-refractivity contribution in [1.29, 1.82) is 0 Å². The Morgan fingerprint density at radius 3 is 2.65 bits per heavy atom. The van der Waals surface area contributed by atoms with Crippen molar-refractivity contribution in [2.24, 2.45) is 5.92 Å². The van der Waals surface area contributed by atoms with Crippen LogP contribution in [0.5, 0.6) is 5.88 Å². The molecule has 0 aromatic carbocycles. The minimum atomic E-state index is -0.713. The largest absolute Gasteiger partial charge is 0.494 e. The van der Waals surface area contributed by atoms with E-state index in [0.29, 0.717) is 23.6 Å². The Kier molecular flexibility index (Phi) is 6.44. The van der Waals surface area contributed by atoms with E-state index in [-0.39, 0.29) is 30.0 Å². The van der Waals surface area contributed by atoms with Gasteiger partial charge in [0.25, 0.3) is 11.5 Å². The Balaban J connectivity index is 1.68. The fourth-order valence-corrected chi connectivity index (χ4v) is 3.54. The summed E-state index contributed by atoms with van der Waals surface area (Å²) in [7, 11) is 1.63. The lowest BCUT2D eigenvalue weighted by Crippen LogP contribution is -2.34. The SMILES string of the molecule is CC(C)Cn1c(O)c(C(=O)NC2CC2)c(=O)n2ncc(/C=C/C(=O)N(C)Cc3ncccn3)c12. The van der Waals surface area contributed by atoms with Gasteiger partial charge >= 0.3 is 0 Å². The summed E-state index contributed by atoms with van der Waals surface area (Å²) in [6.45, 7) is 4.48. The van der Waals surface area contributed by atoms with Crippen LogP contribution in [-0.2, 0) is 17.9 Å². The highest BCUT2D eigenvalue weighted by Crippen LogP contribution is 2.24. The second kappa shape index (κ2) is 9.46. The van der Waals surface area contributed by atoms with E-state index in [4.69, 9.17) is 0 Å². The molecular formula is C23H27N7O4. The fourth-order valence-electron chi connectivity index (χ4n) is 3.54. The zero-order valence-corrected chi connectivity index (χ0v) is 19.3. The molecule has 0 aliphatic heterocycles. The fraction of sp³-hybridized carbons (Fsp3) is 0.391. The van der Waals surface area contributed by atoms with Gasteiger partial charge in [0.2, 0.25) is 11.8 Å². The van der Waals surface area contributed by atoms with Crippen LogP contribution in [0.3, 0.4) is 0 Å². The predicted molar refractivity (Wildman–Crippen MR) is 124 cm³/mol. The van der Waals surface area contributed by atoms with Crippen LogP contribution in [0.25, 0.3) is 11.7 Å². The van der Waals surface area contributed by atoms with Crippen molar-refractivity contribution >= 4 is 23.5 Å². The number of carbonyl (C=O) groups is 2. The number of carbonyl (C=O) groups excluding carboxylic acids is 2. The van der Waals surface area contributed by atoms with Crippen molar-refractivity contribution in [3.8, 4) is 5.88 Å². The molecule has 3 aromatic heterocycles. The van der Waals surface area contributed by atoms with Gasteiger partial charge in [-0.25, -0.2) is 9.97 Å². The molecule has 11 heteroatoms. The number of likely N-dealkylation sites (N-methyl/N-ethyl adjacent to an activating group) is 1. The van der Waals surface area contributed by atoms with Crippen LogP contribution in [0.4, 0.5) is 0 Å². The molecule has 1 saturated carbocycles. The molecular weight excluding hydrogens is 438 g/mol. The van der Waals surface area contributed by atoms with Gasteiger partial charge in [-0.15, -0.1) is 0 Å². The standard InChI is InChI=1S/C23H27N7O4/c1-14(2)12-29-21-15(5-8-18(31)28(3)13-17-24-9-4-10-25-17)11-26-30(21)23(34)19(22(29)33)20(32)27-16-6-7-16/h4-5,8-11,14,16,33H,6-7,12-13H2,1-3H3,(H,27,32)/b8-5+. The van der Waals surface area contributed by atoms with E-state index in [1.165, 1.54) is 27.8 Å². The van der Waals surface area contributed by atoms with Gasteiger partial charge < -0.3 is 15.3 Å². The molecule has 0 unspecified atom stereocenters. The number of hydrogen-bond donors (Lipinski definition) is 2. The third-order valence-electron chi connectivity index (χ3n) is 5.38. The summed E-state index contributed by atoms with van der Waals surface area (Å²) < 4.78 is 2.59. The average molecular weight is 466 g/mol. The molecule has 34 heavy (non-hydrogen) atoms. The lowest BCUT2D eigenvalue weighted by molar-refractivity contribution is -0.125. The van der Waals surface area contributed by atoms with E-state index in [1.807, 2.05) is 13.8 Å². The van der Waals surface area contributed by atoms with Gasteiger partial charge in [-0.05, 0) is 30.9 Å². The number of rotatable bonds is 8. The lowest BCUT2D eigenvalue weighted by atomic mass is 10.2. The van der Waals surface area contributed by atoms with Crippen molar-refractivity contribution in [2.45, 2.75) is 45.8 Å². The molecule has 0 radical (unpaired) electrons. The van der Waals surface area contributed by atoms with Crippen LogP contribution in [-0.4, -0.2) is 59.1 Å². The predicted octanol–water partition coefficient (Wildman–Crippen LogP) is 1.21. The Morgan fingerprint density at radius 1 is 1.29 bits per heavy atom. The summed E-state index contributed by atoms with van der Waals surface area (Å²) in [5, 5.41) is 17.8. The maximum absolute atomic E-state index is 13.0. The number of nitrogens with one attached hydrogen (secondary N) is 1. The molecule has 2 N–H and O–H groups in total. The Labute approximate surface area is 195 Å². The molecule has 178 valence electrons. The number of fused-ring (bicyclic) bond motifs is 1. The summed E-state index contributed by atoms with van der Waals surface area (Å²) in [6, 6.07) is 1.73. The van der Waals surface area contributed by atoms with E-state index in [9.17, 15) is 19.5 Å². The van der Waals surface area contributed by atoms with E-state index >= 15 is 0 Å². The first-order valence-corrected chi connectivity index (χ1v) is 11.1. The van der Waals surface area contributed by atoms with Gasteiger partial charge in [-0.2, -0.15) is 9.61 Å². The number of aromatic hydroxyl groups is 1. The van der Waals surface area contributed by atoms with Crippen molar-refractivity contribution < 1.29 is 14.7 Å². The van der Waals surface area contributed by atoms with Crippen molar-refractivity contribution in [3.63, 3.8) is 0 Å². The molecule has 1 aliphatic carbocycles. The van der Waals surface area contributed by atoms with Crippen molar-refractivity contribution in [2.75, 3.05) is 7.05 Å². The van der Waals surface area contributed by atoms with Crippen LogP contribution >= 0.6 is 0 Å². The minimum absolute atomic E-state index is 0.0287. The third-order valence-corrected chi connectivity index (χ3v) is 5.38. The lowest BCUT2D eigenvalue weighted by Gasteiger charge is -2.17. The molecule has 1 fully saturated rings. The summed E-state index contributed by atoms with van der Waals surface area (Å²) in [6.07, 6.45) is 9.24. The minimum Gasteiger partial charge on any atom is -0.494 e. The number of hydrogen-bond acceptors (Lipinski definition) is 7. The molecule has 3 heterocycles. The van der Waals surface area contributed by atoms with Gasteiger partial charge in [0, 0.05) is 43.7 Å². The second-order valence-corrected chi connectivity index (χ2v) is 8.78. The highest BCUT2D eigenvalue weighted by Gasteiger charge is 2.29. The maximum atomic E-state index is 13.0. The van der Waals surface area contributed by atoms with E-state index in [0.717, 1.165) is 17.4 Å². The van der Waals surface area contributed by atoms with Gasteiger partial charge in [0.15, 0.2) is 5.56 Å². The molecule has 0 bridgehead atoms. The average Bonchev–Trinajstić information content (AvgIpc) is 3.50. The smallest absolute Gasteiger partial charge is 0.291 e. The number of amides is 2. The van der Waals surface area contributed by atoms with Gasteiger partial charge in [0.1, 0.15) is 11.5 Å². The summed E-state index contributed by atoms with van der Waals surface area (Å²) in [4.78, 5) is 48.0. The normalized spacial score (nSPS) is 13.6. The molecule has 0 spiro atoms. The third kappa shape index (κ3) is 4.82. The molecule has 4 rings (SSSR count). The first kappa shape index (κ1) is 23.1. The molecule has 0 atom stereocenters. The van der Waals surface area contributed by atoms with Crippen molar-refractivity contribution in [1.82, 2.24) is 34.4 Å². The highest BCUT2D eigenvalue weighted by molar-refractivity contribution is 5.97. The molecule has 11 nitrogen and oxygen atoms in total. The van der Waals surface area contributed by atoms with Crippen molar-refractivity contribution in [3.05, 3.63) is 58.0 Å². The summed E-state index contributed by atoms with van der Waals surface area (Å²) >= 11 is 0. The van der Waals surface area contributed by atoms with Gasteiger partial charge in [-0.1, -0.05) is 13.8 Å². The second-order valence-electron chi connectivity index (χ2n) is 8.78. The topological polar surface area (TPSA) is 135 Å². The Hall–Kier alpha value is -4.02. The van der Waals surface area contributed by atoms with E-state index < -0.39 is 17.3 Å². The monoisotopic (exact) mass is 465 g/mol. The highest BCUT2D eigenvalue weighted by atomic mass is 16.3. The molecule has 1 aliphatic rings. The molecule has 2 amide bonds. The zero-order valence-electron chi connectivity index (χ0n) is 19.3. The van der Waals surface area contributed by atoms with Crippen LogP contribution in [0, 0.1) is 5.92 Å². The van der Waals surface area contributed by atoms with Gasteiger partial charge in [0.05, 0.1) is 12.7 Å². The van der Waals surface area contributed by atoms with Crippen LogP contribution < -0.4 is 10.9 Å². The first-order valence-electron chi connectivity index (χ1n) is 11.1. The number of aromatic nitrogens is 5. The van der Waals surface area contributed by atoms with Crippen LogP contribution in [0.15, 0.2) is 35.5 Å². The quantitative estimate of drug-likeness (QED) is 0.478. The number of nitrogens with zero attached hydrogens (tertiary/aromatic N) is 6. The summed E-state index contributed by atoms with van der Waals surface area (Å²) in [5.74, 6) is -0.715. The van der Waals surface area contributed by atoms with Gasteiger partial charge in [-0.3, -0.25) is 19.0 Å². The Morgan fingerprint density at radius 2 is 2.00 bits per heavy atom. The zero-order chi connectivity index (χ0) is 24.4. The first-order chi connectivity index (χ1) is 16.3. The molecule has 0 saturated heterocycles. The summed E-state index contributed by atoms with van der Waals surface area (Å²) in [5.41, 5.74) is -0.287. The molecule has 3 aromatic rings. The van der Waals surface area contributed by atoms with Crippen LogP contribution in [0.1, 0.15) is 48.4 Å². The van der Waals surface area contributed by atoms with Crippen LogP contribution in [0.2, 0.25) is 0 Å². The van der Waals surface area contributed by atoms with E-state index in [2.05, 4.69) is 20.4 Å². The van der Waals surface area contributed by atoms with E-state index in [1.54, 1.807) is 25.5 Å². The Bertz CT molecular complexity index is 1310. The maximum Gasteiger partial charge on any atom is 0.291 e.